The molecule has 6 rings (SSSR count). The minimum absolute atomic E-state index is 0.0764. The van der Waals surface area contributed by atoms with Crippen molar-refractivity contribution in [1.82, 2.24) is 4.57 Å². The van der Waals surface area contributed by atoms with Crippen LogP contribution >= 0.6 is 11.3 Å². The summed E-state index contributed by atoms with van der Waals surface area (Å²) in [6.07, 6.45) is 0. The molecule has 39 heavy (non-hydrogen) atoms. The summed E-state index contributed by atoms with van der Waals surface area (Å²) in [4.78, 5) is 48.5. The number of rotatable bonds is 4. The first-order valence-corrected chi connectivity index (χ1v) is 13.6. The third-order valence-electron chi connectivity index (χ3n) is 7.00. The number of nitrogens with zero attached hydrogens (tertiary/aromatic N) is 3. The van der Waals surface area contributed by atoms with Crippen LogP contribution < -0.4 is 25.1 Å². The molecule has 0 unspecified atom stereocenters. The van der Waals surface area contributed by atoms with Crippen LogP contribution in [0.15, 0.2) is 106 Å². The van der Waals surface area contributed by atoms with E-state index >= 15 is 0 Å². The van der Waals surface area contributed by atoms with Crippen molar-refractivity contribution in [3.8, 4) is 0 Å². The molecular formula is C31H26N4O3S. The van der Waals surface area contributed by atoms with Crippen molar-refractivity contribution >= 4 is 40.1 Å². The van der Waals surface area contributed by atoms with Crippen molar-refractivity contribution in [2.45, 2.75) is 32.9 Å². The van der Waals surface area contributed by atoms with Crippen LogP contribution in [-0.4, -0.2) is 22.4 Å². The van der Waals surface area contributed by atoms with Gasteiger partial charge in [0.2, 0.25) is 0 Å². The molecular weight excluding hydrogens is 508 g/mol. The molecule has 3 heterocycles. The molecule has 7 nitrogen and oxygen atoms in total. The van der Waals surface area contributed by atoms with Crippen molar-refractivity contribution < 1.29 is 9.59 Å². The van der Waals surface area contributed by atoms with Crippen LogP contribution in [0.3, 0.4) is 0 Å². The number of anilines is 2. The third kappa shape index (κ3) is 4.04. The minimum atomic E-state index is -0.700. The predicted molar refractivity (Wildman–Crippen MR) is 153 cm³/mol. The third-order valence-corrected chi connectivity index (χ3v) is 8.05. The summed E-state index contributed by atoms with van der Waals surface area (Å²) in [5, 5.41) is 2.96. The molecule has 1 aromatic heterocycles. The molecule has 1 atom stereocenters. The Labute approximate surface area is 229 Å². The molecule has 1 N–H and O–H groups in total. The summed E-state index contributed by atoms with van der Waals surface area (Å²) in [5.41, 5.74) is 3.90. The largest absolute Gasteiger partial charge is 0.322 e. The van der Waals surface area contributed by atoms with E-state index in [1.165, 1.54) is 11.3 Å². The lowest BCUT2D eigenvalue weighted by atomic mass is 9.95. The molecule has 0 spiro atoms. The zero-order valence-electron chi connectivity index (χ0n) is 21.7. The van der Waals surface area contributed by atoms with Crippen LogP contribution in [0, 0.1) is 0 Å². The average molecular weight is 535 g/mol. The standard InChI is InChI=1S/C31H26N4O3S/c1-18(2)34-23-17-11-10-16-22(23)25(29(34)37)27-30(38)35-26(20-12-6-4-7-13-20)24(19(3)32-31(35)39-27)28(36)33-21-14-8-5-9-15-21/h4-18,26H,1-3H3,(H,33,36)/b27-25+/t26-/m1/s1. The fourth-order valence-electron chi connectivity index (χ4n) is 5.31. The molecule has 194 valence electrons. The van der Waals surface area contributed by atoms with E-state index in [1.54, 1.807) is 16.4 Å². The summed E-state index contributed by atoms with van der Waals surface area (Å²) in [6, 6.07) is 25.4. The number of carbonyl (C=O) groups is 2. The van der Waals surface area contributed by atoms with Gasteiger partial charge in [0.25, 0.3) is 17.4 Å². The lowest BCUT2D eigenvalue weighted by molar-refractivity contribution is -0.114. The van der Waals surface area contributed by atoms with Crippen LogP contribution in [0.5, 0.6) is 0 Å². The number of fused-ring (bicyclic) bond motifs is 2. The number of hydrogen-bond donors (Lipinski definition) is 1. The van der Waals surface area contributed by atoms with E-state index in [0.29, 0.717) is 31.9 Å². The maximum atomic E-state index is 14.2. The molecule has 2 aliphatic heterocycles. The number of amides is 2. The highest BCUT2D eigenvalue weighted by atomic mass is 32.1. The summed E-state index contributed by atoms with van der Waals surface area (Å²) >= 11 is 1.19. The molecule has 3 aromatic carbocycles. The van der Waals surface area contributed by atoms with Gasteiger partial charge in [-0.3, -0.25) is 19.0 Å². The maximum absolute atomic E-state index is 14.2. The molecule has 2 amide bonds. The molecule has 0 saturated heterocycles. The Morgan fingerprint density at radius 2 is 1.56 bits per heavy atom. The molecule has 0 radical (unpaired) electrons. The van der Waals surface area contributed by atoms with Crippen molar-refractivity contribution in [3.05, 3.63) is 127 Å². The van der Waals surface area contributed by atoms with Gasteiger partial charge in [-0.15, -0.1) is 0 Å². The fraction of sp³-hybridized carbons (Fsp3) is 0.161. The second-order valence-electron chi connectivity index (χ2n) is 9.79. The normalized spacial score (nSPS) is 17.7. The first kappa shape index (κ1) is 24.8. The second kappa shape index (κ2) is 9.63. The number of allylic oxidation sites excluding steroid dienone is 1. The van der Waals surface area contributed by atoms with E-state index in [0.717, 1.165) is 16.8 Å². The number of thiazole rings is 1. The van der Waals surface area contributed by atoms with Gasteiger partial charge in [0.1, 0.15) is 4.53 Å². The lowest BCUT2D eigenvalue weighted by Gasteiger charge is -2.25. The number of benzene rings is 3. The van der Waals surface area contributed by atoms with Gasteiger partial charge in [0, 0.05) is 17.3 Å². The van der Waals surface area contributed by atoms with Gasteiger partial charge in [-0.25, -0.2) is 4.99 Å². The highest BCUT2D eigenvalue weighted by Crippen LogP contribution is 2.37. The molecule has 4 aromatic rings. The number of aromatic nitrogens is 1. The van der Waals surface area contributed by atoms with Gasteiger partial charge in [0.05, 0.1) is 28.6 Å². The Hall–Kier alpha value is -4.56. The second-order valence-corrected chi connectivity index (χ2v) is 10.8. The number of carbonyl (C=O) groups excluding carboxylic acids is 2. The minimum Gasteiger partial charge on any atom is -0.322 e. The van der Waals surface area contributed by atoms with Gasteiger partial charge in [-0.1, -0.05) is 78.1 Å². The molecule has 0 saturated carbocycles. The topological polar surface area (TPSA) is 83.8 Å². The zero-order valence-corrected chi connectivity index (χ0v) is 22.5. The highest BCUT2D eigenvalue weighted by Gasteiger charge is 2.37. The highest BCUT2D eigenvalue weighted by molar-refractivity contribution is 7.07. The van der Waals surface area contributed by atoms with Gasteiger partial charge in [-0.2, -0.15) is 0 Å². The van der Waals surface area contributed by atoms with Crippen LogP contribution in [0.2, 0.25) is 0 Å². The Kier molecular flexibility index (Phi) is 6.12. The predicted octanol–water partition coefficient (Wildman–Crippen LogP) is 4.00. The first-order valence-electron chi connectivity index (χ1n) is 12.8. The molecule has 8 heteroatoms. The quantitative estimate of drug-likeness (QED) is 0.430. The van der Waals surface area contributed by atoms with Crippen LogP contribution in [0.1, 0.15) is 37.9 Å². The number of hydrogen-bond acceptors (Lipinski definition) is 5. The molecule has 2 aliphatic rings. The number of para-hydroxylation sites is 2. The van der Waals surface area contributed by atoms with Crippen LogP contribution in [0.25, 0.3) is 5.57 Å². The molecule has 0 aliphatic carbocycles. The SMILES string of the molecule is CC1=C(C(=O)Nc2ccccc2)[C@@H](c2ccccc2)n2c(s/c(=C3/C(=O)N(C(C)C)c4ccccc43)c2=O)=N1. The van der Waals surface area contributed by atoms with Gasteiger partial charge in [-0.05, 0) is 44.5 Å². The summed E-state index contributed by atoms with van der Waals surface area (Å²) < 4.78 is 1.89. The fourth-order valence-corrected chi connectivity index (χ4v) is 6.44. The van der Waals surface area contributed by atoms with E-state index in [-0.39, 0.29) is 23.4 Å². The van der Waals surface area contributed by atoms with E-state index < -0.39 is 6.04 Å². The van der Waals surface area contributed by atoms with E-state index in [9.17, 15) is 14.4 Å². The van der Waals surface area contributed by atoms with Crippen molar-refractivity contribution in [1.29, 1.82) is 0 Å². The van der Waals surface area contributed by atoms with Crippen molar-refractivity contribution in [2.24, 2.45) is 4.99 Å². The first-order chi connectivity index (χ1) is 18.9. The Morgan fingerprint density at radius 3 is 2.26 bits per heavy atom. The van der Waals surface area contributed by atoms with Gasteiger partial charge >= 0.3 is 0 Å². The Bertz CT molecular complexity index is 1840. The van der Waals surface area contributed by atoms with Gasteiger partial charge < -0.3 is 10.2 Å². The van der Waals surface area contributed by atoms with E-state index in [2.05, 4.69) is 5.32 Å². The molecule has 0 fully saturated rings. The Balaban J connectivity index is 1.59. The van der Waals surface area contributed by atoms with E-state index in [4.69, 9.17) is 4.99 Å². The smallest absolute Gasteiger partial charge is 0.271 e. The van der Waals surface area contributed by atoms with Gasteiger partial charge in [0.15, 0.2) is 4.80 Å². The lowest BCUT2D eigenvalue weighted by Crippen LogP contribution is -2.41. The number of nitrogens with one attached hydrogen (secondary N) is 1. The summed E-state index contributed by atoms with van der Waals surface area (Å²) in [6.45, 7) is 5.69. The zero-order chi connectivity index (χ0) is 27.3. The van der Waals surface area contributed by atoms with Crippen molar-refractivity contribution in [2.75, 3.05) is 10.2 Å². The monoisotopic (exact) mass is 534 g/mol. The van der Waals surface area contributed by atoms with Crippen LogP contribution in [0.4, 0.5) is 11.4 Å². The average Bonchev–Trinajstić information content (AvgIpc) is 3.41. The Morgan fingerprint density at radius 1 is 0.923 bits per heavy atom. The summed E-state index contributed by atoms with van der Waals surface area (Å²) in [5.74, 6) is -0.534. The van der Waals surface area contributed by atoms with Crippen LogP contribution in [-0.2, 0) is 9.59 Å². The summed E-state index contributed by atoms with van der Waals surface area (Å²) in [7, 11) is 0. The molecule has 0 bridgehead atoms. The maximum Gasteiger partial charge on any atom is 0.271 e. The van der Waals surface area contributed by atoms with Crippen molar-refractivity contribution in [3.63, 3.8) is 0 Å². The van der Waals surface area contributed by atoms with E-state index in [1.807, 2.05) is 98.8 Å².